The molecule has 0 amide bonds. The fourth-order valence-electron chi connectivity index (χ4n) is 2.77. The molecule has 4 nitrogen and oxygen atoms in total. The molecule has 6 heteroatoms. The van der Waals surface area contributed by atoms with Crippen molar-refractivity contribution in [3.63, 3.8) is 0 Å². The van der Waals surface area contributed by atoms with Gasteiger partial charge in [0.2, 0.25) is 0 Å². The van der Waals surface area contributed by atoms with Crippen molar-refractivity contribution in [2.24, 2.45) is 0 Å². The third kappa shape index (κ3) is 3.49. The van der Waals surface area contributed by atoms with Crippen LogP contribution < -0.4 is 0 Å². The number of benzene rings is 2. The zero-order chi connectivity index (χ0) is 17.9. The first-order valence-electron chi connectivity index (χ1n) is 8.10. The van der Waals surface area contributed by atoms with Crippen molar-refractivity contribution < 1.29 is 9.53 Å². The van der Waals surface area contributed by atoms with Crippen LogP contribution in [0.4, 0.5) is 0 Å². The van der Waals surface area contributed by atoms with E-state index in [2.05, 4.69) is 9.97 Å². The number of para-hydroxylation sites is 1. The minimum absolute atomic E-state index is 0.155. The molecule has 0 aliphatic rings. The Morgan fingerprint density at radius 3 is 2.85 bits per heavy atom. The number of ether oxygens (including phenoxy) is 1. The molecule has 2 heterocycles. The molecule has 0 bridgehead atoms. The van der Waals surface area contributed by atoms with E-state index in [0.717, 1.165) is 32.7 Å². The number of carbonyl (C=O) groups excluding carboxylic acids is 1. The number of esters is 1. The van der Waals surface area contributed by atoms with Crippen LogP contribution in [-0.4, -0.2) is 15.9 Å². The number of carbonyl (C=O) groups is 1. The molecule has 0 saturated carbocycles. The number of nitrogens with one attached hydrogen (secondary N) is 1. The maximum absolute atomic E-state index is 12.2. The predicted octanol–water partition coefficient (Wildman–Crippen LogP) is 5.23. The Morgan fingerprint density at radius 2 is 1.96 bits per heavy atom. The summed E-state index contributed by atoms with van der Waals surface area (Å²) in [5.74, 6) is -0.276. The minimum Gasteiger partial charge on any atom is -0.459 e. The summed E-state index contributed by atoms with van der Waals surface area (Å²) in [7, 11) is 0. The molecule has 0 aliphatic heterocycles. The van der Waals surface area contributed by atoms with Gasteiger partial charge in [-0.15, -0.1) is 11.3 Å². The Hall–Kier alpha value is -2.63. The number of H-pyrrole nitrogens is 1. The first-order chi connectivity index (χ1) is 12.7. The van der Waals surface area contributed by atoms with Crippen LogP contribution in [-0.2, 0) is 22.6 Å². The van der Waals surface area contributed by atoms with E-state index in [4.69, 9.17) is 16.3 Å². The topological polar surface area (TPSA) is 55.0 Å². The molecule has 130 valence electrons. The number of halogens is 1. The molecule has 0 atom stereocenters. The van der Waals surface area contributed by atoms with Crippen LogP contribution in [0.3, 0.4) is 0 Å². The molecule has 4 aromatic rings. The van der Waals surface area contributed by atoms with Gasteiger partial charge in [-0.3, -0.25) is 4.79 Å². The summed E-state index contributed by atoms with van der Waals surface area (Å²) in [5.41, 5.74) is 3.55. The van der Waals surface area contributed by atoms with Crippen molar-refractivity contribution in [3.05, 3.63) is 76.4 Å². The van der Waals surface area contributed by atoms with Crippen LogP contribution in [0.5, 0.6) is 0 Å². The molecule has 0 saturated heterocycles. The van der Waals surface area contributed by atoms with Crippen molar-refractivity contribution in [2.75, 3.05) is 0 Å². The van der Waals surface area contributed by atoms with Gasteiger partial charge >= 0.3 is 5.97 Å². The Labute approximate surface area is 159 Å². The Bertz CT molecular complexity index is 1070. The van der Waals surface area contributed by atoms with Crippen molar-refractivity contribution in [1.82, 2.24) is 9.97 Å². The number of rotatable bonds is 5. The van der Waals surface area contributed by atoms with Gasteiger partial charge in [0, 0.05) is 28.0 Å². The average molecular weight is 383 g/mol. The van der Waals surface area contributed by atoms with Gasteiger partial charge in [0.1, 0.15) is 11.6 Å². The predicted molar refractivity (Wildman–Crippen MR) is 104 cm³/mol. The standard InChI is InChI=1S/C20H15ClN2O2S/c21-17-7-3-1-6-16(17)20-23-14(12-26-20)11-25-19(24)9-13-10-22-18-8-4-2-5-15(13)18/h1-8,10,12,22H,9,11H2. The number of thiazole rings is 1. The molecule has 4 rings (SSSR count). The lowest BCUT2D eigenvalue weighted by Gasteiger charge is -2.03. The molecule has 2 aromatic heterocycles. The molecule has 2 aromatic carbocycles. The highest BCUT2D eigenvalue weighted by molar-refractivity contribution is 7.13. The zero-order valence-corrected chi connectivity index (χ0v) is 15.3. The van der Waals surface area contributed by atoms with Gasteiger partial charge in [0.25, 0.3) is 0 Å². The maximum atomic E-state index is 12.2. The van der Waals surface area contributed by atoms with Gasteiger partial charge in [-0.05, 0) is 17.7 Å². The number of fused-ring (bicyclic) bond motifs is 1. The third-order valence-electron chi connectivity index (χ3n) is 4.05. The molecule has 1 N–H and O–H groups in total. The smallest absolute Gasteiger partial charge is 0.310 e. The normalized spacial score (nSPS) is 11.0. The monoisotopic (exact) mass is 382 g/mol. The van der Waals surface area contributed by atoms with Gasteiger partial charge < -0.3 is 9.72 Å². The summed E-state index contributed by atoms with van der Waals surface area (Å²) in [6.07, 6.45) is 2.08. The number of aromatic nitrogens is 2. The van der Waals surface area contributed by atoms with Crippen LogP contribution in [0.2, 0.25) is 5.02 Å². The highest BCUT2D eigenvalue weighted by Crippen LogP contribution is 2.30. The van der Waals surface area contributed by atoms with E-state index in [1.54, 1.807) is 0 Å². The summed E-state index contributed by atoms with van der Waals surface area (Å²) in [5, 5.41) is 4.40. The first kappa shape index (κ1) is 16.8. The molecule has 0 spiro atoms. The van der Waals surface area contributed by atoms with E-state index in [1.807, 2.05) is 60.1 Å². The van der Waals surface area contributed by atoms with Gasteiger partial charge in [-0.25, -0.2) is 4.98 Å². The Morgan fingerprint density at radius 1 is 1.15 bits per heavy atom. The van der Waals surface area contributed by atoms with Crippen LogP contribution in [0.1, 0.15) is 11.3 Å². The van der Waals surface area contributed by atoms with Crippen molar-refractivity contribution in [2.45, 2.75) is 13.0 Å². The number of hydrogen-bond acceptors (Lipinski definition) is 4. The molecular formula is C20H15ClN2O2S. The summed E-state index contributed by atoms with van der Waals surface area (Å²) in [6.45, 7) is 0.155. The van der Waals surface area contributed by atoms with Gasteiger partial charge in [0.15, 0.2) is 0 Å². The molecule has 0 fully saturated rings. The van der Waals surface area contributed by atoms with E-state index in [0.29, 0.717) is 5.02 Å². The second kappa shape index (κ2) is 7.32. The lowest BCUT2D eigenvalue weighted by atomic mass is 10.1. The highest BCUT2D eigenvalue weighted by atomic mass is 35.5. The Balaban J connectivity index is 1.40. The summed E-state index contributed by atoms with van der Waals surface area (Å²) < 4.78 is 5.39. The van der Waals surface area contributed by atoms with Crippen LogP contribution in [0.15, 0.2) is 60.1 Å². The van der Waals surface area contributed by atoms with Gasteiger partial charge in [0.05, 0.1) is 17.1 Å². The maximum Gasteiger partial charge on any atom is 0.310 e. The Kier molecular flexibility index (Phi) is 4.73. The van der Waals surface area contributed by atoms with E-state index in [-0.39, 0.29) is 19.0 Å². The second-order valence-corrected chi connectivity index (χ2v) is 7.09. The molecule has 0 radical (unpaired) electrons. The van der Waals surface area contributed by atoms with Gasteiger partial charge in [-0.2, -0.15) is 0 Å². The summed E-state index contributed by atoms with van der Waals surface area (Å²) in [6, 6.07) is 15.4. The lowest BCUT2D eigenvalue weighted by Crippen LogP contribution is -2.07. The van der Waals surface area contributed by atoms with Gasteiger partial charge in [-0.1, -0.05) is 48.0 Å². The van der Waals surface area contributed by atoms with Crippen molar-refractivity contribution in [1.29, 1.82) is 0 Å². The second-order valence-electron chi connectivity index (χ2n) is 5.82. The quantitative estimate of drug-likeness (QED) is 0.481. The van der Waals surface area contributed by atoms with E-state index >= 15 is 0 Å². The molecule has 0 aliphatic carbocycles. The van der Waals surface area contributed by atoms with Crippen molar-refractivity contribution >= 4 is 39.8 Å². The fraction of sp³-hybridized carbons (Fsp3) is 0.100. The SMILES string of the molecule is O=C(Cc1c[nH]c2ccccc12)OCc1csc(-c2ccccc2Cl)n1. The third-order valence-corrected chi connectivity index (χ3v) is 5.30. The molecule has 0 unspecified atom stereocenters. The minimum atomic E-state index is -0.276. The lowest BCUT2D eigenvalue weighted by molar-refractivity contribution is -0.144. The summed E-state index contributed by atoms with van der Waals surface area (Å²) in [4.78, 5) is 19.9. The average Bonchev–Trinajstić information content (AvgIpc) is 3.28. The van der Waals surface area contributed by atoms with E-state index in [1.165, 1.54) is 11.3 Å². The van der Waals surface area contributed by atoms with Crippen LogP contribution >= 0.6 is 22.9 Å². The zero-order valence-electron chi connectivity index (χ0n) is 13.7. The fourth-order valence-corrected chi connectivity index (χ4v) is 3.90. The molecular weight excluding hydrogens is 368 g/mol. The van der Waals surface area contributed by atoms with E-state index < -0.39 is 0 Å². The largest absolute Gasteiger partial charge is 0.459 e. The number of nitrogens with zero attached hydrogens (tertiary/aromatic N) is 1. The van der Waals surface area contributed by atoms with E-state index in [9.17, 15) is 4.79 Å². The molecule has 26 heavy (non-hydrogen) atoms. The number of aromatic amines is 1. The number of hydrogen-bond donors (Lipinski definition) is 1. The first-order valence-corrected chi connectivity index (χ1v) is 9.36. The van der Waals surface area contributed by atoms with Crippen molar-refractivity contribution in [3.8, 4) is 10.6 Å². The van der Waals surface area contributed by atoms with Crippen LogP contribution in [0.25, 0.3) is 21.5 Å². The summed E-state index contributed by atoms with van der Waals surface area (Å²) >= 11 is 7.68. The van der Waals surface area contributed by atoms with Crippen LogP contribution in [0, 0.1) is 0 Å². The highest BCUT2D eigenvalue weighted by Gasteiger charge is 2.12.